The lowest BCUT2D eigenvalue weighted by atomic mass is 10.2. The molecule has 1 aromatic carbocycles. The molecule has 2 aromatic rings. The van der Waals surface area contributed by atoms with Crippen molar-refractivity contribution < 1.29 is 9.21 Å². The van der Waals surface area contributed by atoms with Gasteiger partial charge < -0.3 is 9.73 Å². The van der Waals surface area contributed by atoms with Crippen molar-refractivity contribution in [2.45, 2.75) is 32.9 Å². The molecule has 0 aliphatic rings. The van der Waals surface area contributed by atoms with Crippen molar-refractivity contribution in [2.75, 3.05) is 0 Å². The van der Waals surface area contributed by atoms with Gasteiger partial charge in [-0.1, -0.05) is 19.1 Å². The van der Waals surface area contributed by atoms with Crippen molar-refractivity contribution in [3.63, 3.8) is 0 Å². The van der Waals surface area contributed by atoms with Crippen LogP contribution in [-0.4, -0.2) is 16.5 Å². The van der Waals surface area contributed by atoms with Crippen molar-refractivity contribution >= 4 is 17.0 Å². The van der Waals surface area contributed by atoms with Gasteiger partial charge in [0.15, 0.2) is 5.58 Å². The Morgan fingerprint density at radius 1 is 1.44 bits per heavy atom. The summed E-state index contributed by atoms with van der Waals surface area (Å²) in [5.74, 6) is -0.687. The fourth-order valence-corrected chi connectivity index (χ4v) is 1.73. The molecule has 0 unspecified atom stereocenters. The monoisotopic (exact) mass is 248 g/mol. The minimum atomic E-state index is -0.504. The highest BCUT2D eigenvalue weighted by Crippen LogP contribution is 2.11. The molecule has 0 saturated carbocycles. The summed E-state index contributed by atoms with van der Waals surface area (Å²) >= 11 is 0. The number of carbonyl (C=O) groups is 1. The normalized spacial score (nSPS) is 12.6. The summed E-state index contributed by atoms with van der Waals surface area (Å²) in [6.07, 6.45) is 0.854. The molecule has 0 fully saturated rings. The van der Waals surface area contributed by atoms with E-state index in [-0.39, 0.29) is 18.5 Å². The van der Waals surface area contributed by atoms with Crippen molar-refractivity contribution in [1.29, 1.82) is 0 Å². The fraction of sp³-hybridized carbons (Fsp3) is 0.385. The molecule has 1 aromatic heterocycles. The van der Waals surface area contributed by atoms with Crippen LogP contribution in [0.25, 0.3) is 11.1 Å². The van der Waals surface area contributed by atoms with E-state index in [9.17, 15) is 9.59 Å². The van der Waals surface area contributed by atoms with Crippen LogP contribution >= 0.6 is 0 Å². The third-order valence-electron chi connectivity index (χ3n) is 2.90. The van der Waals surface area contributed by atoms with Crippen molar-refractivity contribution in [3.05, 3.63) is 34.8 Å². The van der Waals surface area contributed by atoms with Crippen molar-refractivity contribution in [1.82, 2.24) is 9.88 Å². The number of rotatable bonds is 4. The predicted octanol–water partition coefficient (Wildman–Crippen LogP) is 1.51. The molecule has 5 heteroatoms. The maximum absolute atomic E-state index is 11.8. The van der Waals surface area contributed by atoms with E-state index in [4.69, 9.17) is 4.42 Å². The Morgan fingerprint density at radius 2 is 2.17 bits per heavy atom. The van der Waals surface area contributed by atoms with Crippen LogP contribution in [0.5, 0.6) is 0 Å². The van der Waals surface area contributed by atoms with E-state index >= 15 is 0 Å². The summed E-state index contributed by atoms with van der Waals surface area (Å²) in [5.41, 5.74) is 1.14. The van der Waals surface area contributed by atoms with Gasteiger partial charge >= 0.3 is 5.76 Å². The largest absolute Gasteiger partial charge is 0.420 e. The van der Waals surface area contributed by atoms with Gasteiger partial charge in [-0.25, -0.2) is 4.79 Å². The van der Waals surface area contributed by atoms with Crippen LogP contribution in [0, 0.1) is 0 Å². The van der Waals surface area contributed by atoms with Crippen molar-refractivity contribution in [2.24, 2.45) is 0 Å². The second-order valence-electron chi connectivity index (χ2n) is 4.30. The number of nitrogens with zero attached hydrogens (tertiary/aromatic N) is 1. The molecular formula is C13H16N2O3. The van der Waals surface area contributed by atoms with E-state index < -0.39 is 5.76 Å². The summed E-state index contributed by atoms with van der Waals surface area (Å²) in [5, 5.41) is 2.82. The molecule has 1 amide bonds. The lowest BCUT2D eigenvalue weighted by molar-refractivity contribution is -0.122. The molecule has 1 atom stereocenters. The zero-order valence-corrected chi connectivity index (χ0v) is 10.5. The summed E-state index contributed by atoms with van der Waals surface area (Å²) in [4.78, 5) is 23.4. The van der Waals surface area contributed by atoms with Gasteiger partial charge in [-0.05, 0) is 25.5 Å². The Hall–Kier alpha value is -2.04. The average Bonchev–Trinajstić information content (AvgIpc) is 2.66. The molecular weight excluding hydrogens is 232 g/mol. The van der Waals surface area contributed by atoms with Gasteiger partial charge in [0, 0.05) is 6.04 Å². The van der Waals surface area contributed by atoms with Crippen LogP contribution in [0.4, 0.5) is 0 Å². The van der Waals surface area contributed by atoms with Crippen LogP contribution in [-0.2, 0) is 11.3 Å². The number of para-hydroxylation sites is 2. The molecule has 2 rings (SSSR count). The van der Waals surface area contributed by atoms with Gasteiger partial charge in [0.05, 0.1) is 5.52 Å². The second kappa shape index (κ2) is 5.08. The molecule has 5 nitrogen and oxygen atoms in total. The van der Waals surface area contributed by atoms with Crippen LogP contribution in [0.1, 0.15) is 20.3 Å². The van der Waals surface area contributed by atoms with Crippen molar-refractivity contribution in [3.8, 4) is 0 Å². The average molecular weight is 248 g/mol. The van der Waals surface area contributed by atoms with E-state index in [0.717, 1.165) is 6.42 Å². The molecule has 1 heterocycles. The highest BCUT2D eigenvalue weighted by molar-refractivity contribution is 5.79. The highest BCUT2D eigenvalue weighted by Gasteiger charge is 2.13. The first-order chi connectivity index (χ1) is 8.61. The number of hydrogen-bond acceptors (Lipinski definition) is 3. The lowest BCUT2D eigenvalue weighted by Gasteiger charge is -2.11. The van der Waals surface area contributed by atoms with Gasteiger partial charge in [0.1, 0.15) is 6.54 Å². The van der Waals surface area contributed by atoms with Gasteiger partial charge in [-0.2, -0.15) is 0 Å². The van der Waals surface area contributed by atoms with Gasteiger partial charge in [0.2, 0.25) is 5.91 Å². The SMILES string of the molecule is CC[C@@H](C)NC(=O)Cn1c(=O)oc2ccccc21. The lowest BCUT2D eigenvalue weighted by Crippen LogP contribution is -2.36. The number of carbonyl (C=O) groups excluding carboxylic acids is 1. The molecule has 0 saturated heterocycles. The number of hydrogen-bond donors (Lipinski definition) is 1. The number of aromatic nitrogens is 1. The number of benzene rings is 1. The summed E-state index contributed by atoms with van der Waals surface area (Å²) in [7, 11) is 0. The summed E-state index contributed by atoms with van der Waals surface area (Å²) in [6.45, 7) is 3.90. The first-order valence-corrected chi connectivity index (χ1v) is 5.99. The minimum Gasteiger partial charge on any atom is -0.408 e. The molecule has 0 bridgehead atoms. The molecule has 0 radical (unpaired) electrons. The van der Waals surface area contributed by atoms with E-state index in [1.165, 1.54) is 4.57 Å². The molecule has 18 heavy (non-hydrogen) atoms. The Morgan fingerprint density at radius 3 is 2.89 bits per heavy atom. The second-order valence-corrected chi connectivity index (χ2v) is 4.30. The maximum Gasteiger partial charge on any atom is 0.420 e. The summed E-state index contributed by atoms with van der Waals surface area (Å²) < 4.78 is 6.40. The maximum atomic E-state index is 11.8. The minimum absolute atomic E-state index is 0.0137. The van der Waals surface area contributed by atoms with E-state index in [1.54, 1.807) is 24.3 Å². The Balaban J connectivity index is 2.24. The third kappa shape index (κ3) is 2.45. The molecule has 0 aliphatic carbocycles. The Kier molecular flexibility index (Phi) is 3.50. The molecule has 96 valence electrons. The molecule has 0 spiro atoms. The van der Waals surface area contributed by atoms with Crippen LogP contribution in [0.2, 0.25) is 0 Å². The van der Waals surface area contributed by atoms with Crippen LogP contribution in [0.3, 0.4) is 0 Å². The zero-order chi connectivity index (χ0) is 13.1. The zero-order valence-electron chi connectivity index (χ0n) is 10.5. The molecule has 1 N–H and O–H groups in total. The van der Waals surface area contributed by atoms with Crippen LogP contribution < -0.4 is 11.1 Å². The highest BCUT2D eigenvalue weighted by atomic mass is 16.4. The first-order valence-electron chi connectivity index (χ1n) is 5.99. The third-order valence-corrected chi connectivity index (χ3v) is 2.90. The standard InChI is InChI=1S/C13H16N2O3/c1-3-9(2)14-12(16)8-15-10-6-4-5-7-11(10)18-13(15)17/h4-7,9H,3,8H2,1-2H3,(H,14,16)/t9-/m1/s1. The van der Waals surface area contributed by atoms with E-state index in [0.29, 0.717) is 11.1 Å². The molecule has 0 aliphatic heterocycles. The Labute approximate surface area is 104 Å². The first kappa shape index (κ1) is 12.4. The quantitative estimate of drug-likeness (QED) is 0.892. The van der Waals surface area contributed by atoms with E-state index in [1.807, 2.05) is 13.8 Å². The number of fused-ring (bicyclic) bond motifs is 1. The number of oxazole rings is 1. The van der Waals surface area contributed by atoms with Gasteiger partial charge in [-0.15, -0.1) is 0 Å². The smallest absolute Gasteiger partial charge is 0.408 e. The van der Waals surface area contributed by atoms with Gasteiger partial charge in [-0.3, -0.25) is 9.36 Å². The number of amides is 1. The van der Waals surface area contributed by atoms with E-state index in [2.05, 4.69) is 5.32 Å². The van der Waals surface area contributed by atoms with Crippen LogP contribution in [0.15, 0.2) is 33.5 Å². The summed E-state index contributed by atoms with van der Waals surface area (Å²) in [6, 6.07) is 7.16. The fourth-order valence-electron chi connectivity index (χ4n) is 1.73. The van der Waals surface area contributed by atoms with Gasteiger partial charge in [0.25, 0.3) is 0 Å². The Bertz CT molecular complexity index is 612. The topological polar surface area (TPSA) is 64.2 Å². The number of nitrogens with one attached hydrogen (secondary N) is 1. The predicted molar refractivity (Wildman–Crippen MR) is 68.4 cm³/mol.